The average molecular weight is 249 g/mol. The highest BCUT2D eigenvalue weighted by atomic mass is 32.2. The molecule has 0 aliphatic rings. The zero-order valence-electron chi connectivity index (χ0n) is 8.45. The van der Waals surface area contributed by atoms with Crippen LogP contribution in [0.3, 0.4) is 0 Å². The second kappa shape index (κ2) is 4.23. The largest absolute Gasteiger partial charge is 0.264 e. The number of rotatable bonds is 3. The third-order valence-corrected chi connectivity index (χ3v) is 3.26. The Kier molecular flexibility index (Phi) is 2.76. The van der Waals surface area contributed by atoms with Gasteiger partial charge in [-0.05, 0) is 18.2 Å². The predicted molar refractivity (Wildman–Crippen MR) is 58.3 cm³/mol. The van der Waals surface area contributed by atoms with Gasteiger partial charge >= 0.3 is 0 Å². The summed E-state index contributed by atoms with van der Waals surface area (Å²) >= 11 is 0. The predicted octanol–water partition coefficient (Wildman–Crippen LogP) is 0.477. The lowest BCUT2D eigenvalue weighted by Gasteiger charge is -2.04. The molecule has 0 unspecified atom stereocenters. The van der Waals surface area contributed by atoms with Crippen LogP contribution in [0.15, 0.2) is 35.5 Å². The zero-order chi connectivity index (χ0) is 12.3. The first-order valence-electron chi connectivity index (χ1n) is 4.50. The Morgan fingerprint density at radius 1 is 1.41 bits per heavy atom. The van der Waals surface area contributed by atoms with E-state index in [4.69, 9.17) is 5.26 Å². The Labute approximate surface area is 97.2 Å². The number of nitriles is 1. The molecule has 1 aromatic heterocycles. The van der Waals surface area contributed by atoms with Crippen molar-refractivity contribution in [3.05, 3.63) is 36.2 Å². The van der Waals surface area contributed by atoms with Gasteiger partial charge in [-0.3, -0.25) is 0 Å². The smallest absolute Gasteiger partial charge is 0.248 e. The van der Waals surface area contributed by atoms with Crippen LogP contribution < -0.4 is 4.72 Å². The van der Waals surface area contributed by atoms with E-state index in [0.717, 1.165) is 0 Å². The van der Waals surface area contributed by atoms with Gasteiger partial charge in [0.25, 0.3) is 10.0 Å². The van der Waals surface area contributed by atoms with Crippen LogP contribution in [0.5, 0.6) is 0 Å². The number of nitrogens with zero attached hydrogens (tertiary/aromatic N) is 3. The third-order valence-electron chi connectivity index (χ3n) is 1.92. The molecule has 0 saturated carbocycles. The van der Waals surface area contributed by atoms with Crippen LogP contribution in [0.1, 0.15) is 5.56 Å². The number of aromatic nitrogens is 3. The Morgan fingerprint density at radius 2 is 2.24 bits per heavy atom. The maximum Gasteiger partial charge on any atom is 0.264 e. The molecule has 86 valence electrons. The summed E-state index contributed by atoms with van der Waals surface area (Å²) < 4.78 is 25.9. The molecule has 1 heterocycles. The van der Waals surface area contributed by atoms with E-state index in [1.165, 1.54) is 30.6 Å². The summed E-state index contributed by atoms with van der Waals surface area (Å²) in [6.45, 7) is 0. The number of benzene rings is 1. The number of sulfonamides is 1. The van der Waals surface area contributed by atoms with E-state index in [2.05, 4.69) is 19.9 Å². The van der Waals surface area contributed by atoms with Gasteiger partial charge in [0, 0.05) is 0 Å². The first-order valence-corrected chi connectivity index (χ1v) is 5.98. The van der Waals surface area contributed by atoms with Crippen LogP contribution in [0.2, 0.25) is 0 Å². The molecule has 7 nitrogen and oxygen atoms in total. The second-order valence-corrected chi connectivity index (χ2v) is 4.76. The van der Waals surface area contributed by atoms with Crippen LogP contribution in [-0.4, -0.2) is 23.6 Å². The van der Waals surface area contributed by atoms with Gasteiger partial charge in [0.05, 0.1) is 16.5 Å². The Hall–Kier alpha value is -2.40. The molecule has 2 rings (SSSR count). The van der Waals surface area contributed by atoms with E-state index in [0.29, 0.717) is 0 Å². The summed E-state index contributed by atoms with van der Waals surface area (Å²) in [6, 6.07) is 7.55. The fourth-order valence-corrected chi connectivity index (χ4v) is 2.18. The summed E-state index contributed by atoms with van der Waals surface area (Å²) in [5, 5.41) is 14.6. The van der Waals surface area contributed by atoms with Gasteiger partial charge in [-0.25, -0.2) is 18.2 Å². The monoisotopic (exact) mass is 249 g/mol. The maximum absolute atomic E-state index is 11.9. The molecule has 2 N–H and O–H groups in total. The molecular formula is C9H7N5O2S. The van der Waals surface area contributed by atoms with E-state index in [9.17, 15) is 8.42 Å². The number of anilines is 1. The van der Waals surface area contributed by atoms with Crippen molar-refractivity contribution in [1.29, 1.82) is 5.26 Å². The van der Waals surface area contributed by atoms with Crippen molar-refractivity contribution in [2.24, 2.45) is 0 Å². The molecule has 2 aromatic rings. The molecule has 8 heteroatoms. The van der Waals surface area contributed by atoms with Gasteiger partial charge in [-0.15, -0.1) is 0 Å². The molecular weight excluding hydrogens is 242 g/mol. The summed E-state index contributed by atoms with van der Waals surface area (Å²) in [5.41, 5.74) is 0.269. The number of nitrogens with one attached hydrogen (secondary N) is 2. The second-order valence-electron chi connectivity index (χ2n) is 3.08. The van der Waals surface area contributed by atoms with Crippen molar-refractivity contribution in [2.45, 2.75) is 4.90 Å². The zero-order valence-corrected chi connectivity index (χ0v) is 9.27. The summed E-state index contributed by atoms with van der Waals surface area (Å²) in [6.07, 6.45) is 1.18. The van der Waals surface area contributed by atoms with Gasteiger partial charge in [-0.1, -0.05) is 6.07 Å². The van der Waals surface area contributed by atoms with Crippen molar-refractivity contribution in [3.8, 4) is 6.07 Å². The third kappa shape index (κ3) is 2.40. The van der Waals surface area contributed by atoms with E-state index in [1.54, 1.807) is 0 Å². The lowest BCUT2D eigenvalue weighted by Crippen LogP contribution is -2.14. The first kappa shape index (κ1) is 11.1. The van der Waals surface area contributed by atoms with Crippen LogP contribution in [0.25, 0.3) is 0 Å². The van der Waals surface area contributed by atoms with E-state index in [-0.39, 0.29) is 16.4 Å². The van der Waals surface area contributed by atoms with Crippen molar-refractivity contribution in [2.75, 3.05) is 4.72 Å². The van der Waals surface area contributed by atoms with E-state index < -0.39 is 10.0 Å². The minimum atomic E-state index is -3.75. The highest BCUT2D eigenvalue weighted by Crippen LogP contribution is 2.13. The lowest BCUT2D eigenvalue weighted by atomic mass is 10.2. The van der Waals surface area contributed by atoms with Crippen molar-refractivity contribution in [3.63, 3.8) is 0 Å². The normalized spacial score (nSPS) is 10.8. The van der Waals surface area contributed by atoms with Crippen molar-refractivity contribution in [1.82, 2.24) is 15.2 Å². The highest BCUT2D eigenvalue weighted by Gasteiger charge is 2.15. The minimum Gasteiger partial charge on any atom is -0.248 e. The molecule has 0 atom stereocenters. The number of H-pyrrole nitrogens is 1. The van der Waals surface area contributed by atoms with Gasteiger partial charge < -0.3 is 0 Å². The Morgan fingerprint density at radius 3 is 2.88 bits per heavy atom. The molecule has 0 radical (unpaired) electrons. The maximum atomic E-state index is 11.9. The molecule has 0 aliphatic heterocycles. The van der Waals surface area contributed by atoms with Crippen molar-refractivity contribution < 1.29 is 8.42 Å². The number of aromatic amines is 1. The quantitative estimate of drug-likeness (QED) is 0.821. The molecule has 0 spiro atoms. The van der Waals surface area contributed by atoms with E-state index >= 15 is 0 Å². The van der Waals surface area contributed by atoms with Gasteiger partial charge in [0.2, 0.25) is 5.95 Å². The SMILES string of the molecule is N#Cc1cccc(S(=O)(=O)Nc2ncn[nH]2)c1. The van der Waals surface area contributed by atoms with Crippen molar-refractivity contribution >= 4 is 16.0 Å². The minimum absolute atomic E-state index is 0.00653. The lowest BCUT2D eigenvalue weighted by molar-refractivity contribution is 0.601. The van der Waals surface area contributed by atoms with Crippen LogP contribution in [-0.2, 0) is 10.0 Å². The molecule has 0 saturated heterocycles. The Balaban J connectivity index is 2.35. The molecule has 0 bridgehead atoms. The molecule has 0 aliphatic carbocycles. The van der Waals surface area contributed by atoms with Crippen LogP contribution >= 0.6 is 0 Å². The number of hydrogen-bond donors (Lipinski definition) is 2. The van der Waals surface area contributed by atoms with Crippen LogP contribution in [0, 0.1) is 11.3 Å². The fourth-order valence-electron chi connectivity index (χ4n) is 1.17. The molecule has 17 heavy (non-hydrogen) atoms. The highest BCUT2D eigenvalue weighted by molar-refractivity contribution is 7.92. The summed E-state index contributed by atoms with van der Waals surface area (Å²) in [4.78, 5) is 3.64. The molecule has 0 amide bonds. The summed E-state index contributed by atoms with van der Waals surface area (Å²) in [7, 11) is -3.75. The topological polar surface area (TPSA) is 112 Å². The summed E-state index contributed by atoms with van der Waals surface area (Å²) in [5.74, 6) is 0.0207. The van der Waals surface area contributed by atoms with Gasteiger partial charge in [0.15, 0.2) is 0 Å². The molecule has 1 aromatic carbocycles. The molecule has 0 fully saturated rings. The number of hydrogen-bond acceptors (Lipinski definition) is 5. The van der Waals surface area contributed by atoms with Gasteiger partial charge in [-0.2, -0.15) is 15.3 Å². The Bertz CT molecular complexity index is 657. The van der Waals surface area contributed by atoms with Gasteiger partial charge in [0.1, 0.15) is 6.33 Å². The first-order chi connectivity index (χ1) is 8.12. The standard InChI is InChI=1S/C9H7N5O2S/c10-5-7-2-1-3-8(4-7)17(15,16)14-9-11-6-12-13-9/h1-4,6H,(H2,11,12,13,14). The average Bonchev–Trinajstić information content (AvgIpc) is 2.81. The fraction of sp³-hybridized carbons (Fsp3) is 0. The van der Waals surface area contributed by atoms with E-state index in [1.807, 2.05) is 6.07 Å². The van der Waals surface area contributed by atoms with Crippen LogP contribution in [0.4, 0.5) is 5.95 Å².